The van der Waals surface area contributed by atoms with Gasteiger partial charge < -0.3 is 5.73 Å². The van der Waals surface area contributed by atoms with Crippen LogP contribution in [-0.2, 0) is 10.3 Å². The van der Waals surface area contributed by atoms with Crippen LogP contribution in [0, 0.1) is 0 Å². The summed E-state index contributed by atoms with van der Waals surface area (Å²) in [7, 11) is -4.19. The first-order valence-corrected chi connectivity index (χ1v) is 5.45. The van der Waals surface area contributed by atoms with Gasteiger partial charge in [-0.1, -0.05) is 0 Å². The minimum atomic E-state index is -4.19. The third-order valence-corrected chi connectivity index (χ3v) is 2.77. The van der Waals surface area contributed by atoms with Gasteiger partial charge in [-0.2, -0.15) is 8.42 Å². The molecule has 0 spiro atoms. The molecule has 0 aliphatic carbocycles. The molecule has 0 saturated carbocycles. The van der Waals surface area contributed by atoms with Crippen molar-refractivity contribution in [2.45, 2.75) is 6.92 Å². The van der Waals surface area contributed by atoms with Crippen molar-refractivity contribution in [2.75, 3.05) is 16.6 Å². The smallest absolute Gasteiger partial charge is 0.359 e. The van der Waals surface area contributed by atoms with Crippen molar-refractivity contribution in [3.05, 3.63) is 24.3 Å². The van der Waals surface area contributed by atoms with Crippen molar-refractivity contribution >= 4 is 21.7 Å². The lowest BCUT2D eigenvalue weighted by Crippen LogP contribution is -2.29. The predicted octanol–water partition coefficient (Wildman–Crippen LogP) is 0.898. The Morgan fingerprint density at radius 2 is 1.86 bits per heavy atom. The lowest BCUT2D eigenvalue weighted by Gasteiger charge is -2.18. The third-order valence-electron chi connectivity index (χ3n) is 1.75. The molecule has 1 aromatic carbocycles. The van der Waals surface area contributed by atoms with Gasteiger partial charge in [-0.3, -0.25) is 4.55 Å². The molecule has 0 radical (unpaired) electrons. The predicted molar refractivity (Wildman–Crippen MR) is 55.4 cm³/mol. The molecule has 5 nitrogen and oxygen atoms in total. The first-order valence-electron chi connectivity index (χ1n) is 4.06. The summed E-state index contributed by atoms with van der Waals surface area (Å²) in [5, 5.41) is 0. The van der Waals surface area contributed by atoms with Gasteiger partial charge in [-0.15, -0.1) is 0 Å². The average molecular weight is 216 g/mol. The summed E-state index contributed by atoms with van der Waals surface area (Å²) < 4.78 is 31.5. The molecule has 0 atom stereocenters. The Balaban J connectivity index is 3.08. The Morgan fingerprint density at radius 1 is 1.36 bits per heavy atom. The van der Waals surface area contributed by atoms with Gasteiger partial charge >= 0.3 is 10.3 Å². The molecule has 3 N–H and O–H groups in total. The molecule has 0 unspecified atom stereocenters. The maximum Gasteiger partial charge on any atom is 0.359 e. The highest BCUT2D eigenvalue weighted by Crippen LogP contribution is 2.18. The van der Waals surface area contributed by atoms with Crippen LogP contribution in [0.15, 0.2) is 24.3 Å². The first-order chi connectivity index (χ1) is 6.45. The largest absolute Gasteiger partial charge is 0.399 e. The van der Waals surface area contributed by atoms with Crippen LogP contribution in [0.1, 0.15) is 6.92 Å². The average Bonchev–Trinajstić information content (AvgIpc) is 2.07. The monoisotopic (exact) mass is 216 g/mol. The Labute approximate surface area is 83.0 Å². The Kier molecular flexibility index (Phi) is 2.97. The minimum absolute atomic E-state index is 0.169. The molecule has 0 amide bonds. The van der Waals surface area contributed by atoms with E-state index in [1.165, 1.54) is 12.1 Å². The van der Waals surface area contributed by atoms with E-state index in [0.29, 0.717) is 11.4 Å². The van der Waals surface area contributed by atoms with Gasteiger partial charge in [0.25, 0.3) is 0 Å². The maximum absolute atomic E-state index is 10.9. The molecule has 6 heteroatoms. The van der Waals surface area contributed by atoms with Crippen LogP contribution in [0.5, 0.6) is 0 Å². The number of nitrogen functional groups attached to an aromatic ring is 1. The van der Waals surface area contributed by atoms with Crippen molar-refractivity contribution in [2.24, 2.45) is 0 Å². The molecular weight excluding hydrogens is 204 g/mol. The van der Waals surface area contributed by atoms with E-state index < -0.39 is 10.3 Å². The zero-order chi connectivity index (χ0) is 10.8. The van der Waals surface area contributed by atoms with Crippen molar-refractivity contribution in [3.63, 3.8) is 0 Å². The van der Waals surface area contributed by atoms with Crippen molar-refractivity contribution in [1.82, 2.24) is 0 Å². The maximum atomic E-state index is 10.9. The summed E-state index contributed by atoms with van der Waals surface area (Å²) in [6.45, 7) is 1.80. The van der Waals surface area contributed by atoms with E-state index in [-0.39, 0.29) is 6.54 Å². The highest BCUT2D eigenvalue weighted by atomic mass is 32.2. The van der Waals surface area contributed by atoms with Crippen molar-refractivity contribution in [1.29, 1.82) is 0 Å². The molecule has 0 aliphatic rings. The van der Waals surface area contributed by atoms with Gasteiger partial charge in [0.15, 0.2) is 0 Å². The van der Waals surface area contributed by atoms with Crippen LogP contribution >= 0.6 is 0 Å². The second-order valence-corrected chi connectivity index (χ2v) is 4.07. The molecule has 1 aromatic rings. The standard InChI is InChI=1S/C8H12N2O3S/c1-2-10(14(11,12)13)8-5-3-7(9)4-6-8/h3-6H,2,9H2,1H3,(H,11,12,13). The molecule has 14 heavy (non-hydrogen) atoms. The fourth-order valence-electron chi connectivity index (χ4n) is 1.12. The highest BCUT2D eigenvalue weighted by Gasteiger charge is 2.16. The van der Waals surface area contributed by atoms with Gasteiger partial charge in [0, 0.05) is 12.2 Å². The van der Waals surface area contributed by atoms with Gasteiger partial charge in [0.1, 0.15) is 0 Å². The summed E-state index contributed by atoms with van der Waals surface area (Å²) in [5.41, 5.74) is 6.38. The molecular formula is C8H12N2O3S. The number of benzene rings is 1. The van der Waals surface area contributed by atoms with Crippen LogP contribution in [0.2, 0.25) is 0 Å². The molecule has 0 bridgehead atoms. The Bertz CT molecular complexity index is 399. The normalized spacial score (nSPS) is 11.3. The minimum Gasteiger partial charge on any atom is -0.399 e. The molecule has 0 aromatic heterocycles. The zero-order valence-corrected chi connectivity index (χ0v) is 8.53. The van der Waals surface area contributed by atoms with Crippen LogP contribution in [0.25, 0.3) is 0 Å². The van der Waals surface area contributed by atoms with E-state index in [2.05, 4.69) is 0 Å². The molecule has 1 rings (SSSR count). The van der Waals surface area contributed by atoms with Crippen LogP contribution < -0.4 is 10.0 Å². The number of hydrogen-bond acceptors (Lipinski definition) is 3. The van der Waals surface area contributed by atoms with Gasteiger partial charge in [-0.25, -0.2) is 4.31 Å². The van der Waals surface area contributed by atoms with E-state index in [1.807, 2.05) is 0 Å². The first kappa shape index (κ1) is 10.8. The van der Waals surface area contributed by atoms with Crippen LogP contribution in [-0.4, -0.2) is 19.5 Å². The SMILES string of the molecule is CCN(c1ccc(N)cc1)S(=O)(=O)O. The Morgan fingerprint density at radius 3 is 2.21 bits per heavy atom. The zero-order valence-electron chi connectivity index (χ0n) is 7.71. The van der Waals surface area contributed by atoms with E-state index in [4.69, 9.17) is 10.3 Å². The van der Waals surface area contributed by atoms with E-state index in [1.54, 1.807) is 19.1 Å². The molecule has 0 saturated heterocycles. The lowest BCUT2D eigenvalue weighted by atomic mass is 10.3. The second-order valence-electron chi connectivity index (χ2n) is 2.73. The van der Waals surface area contributed by atoms with Gasteiger partial charge in [0.2, 0.25) is 0 Å². The number of anilines is 2. The fourth-order valence-corrected chi connectivity index (χ4v) is 1.83. The quantitative estimate of drug-likeness (QED) is 0.580. The second kappa shape index (κ2) is 3.85. The molecule has 78 valence electrons. The summed E-state index contributed by atoms with van der Waals surface area (Å²) in [4.78, 5) is 0. The third kappa shape index (κ3) is 2.36. The summed E-state index contributed by atoms with van der Waals surface area (Å²) in [6.07, 6.45) is 0. The summed E-state index contributed by atoms with van der Waals surface area (Å²) in [5.74, 6) is 0. The van der Waals surface area contributed by atoms with Crippen molar-refractivity contribution in [3.8, 4) is 0 Å². The van der Waals surface area contributed by atoms with Crippen LogP contribution in [0.3, 0.4) is 0 Å². The number of rotatable bonds is 3. The fraction of sp³-hybridized carbons (Fsp3) is 0.250. The van der Waals surface area contributed by atoms with E-state index in [0.717, 1.165) is 4.31 Å². The molecule has 0 heterocycles. The number of nitrogens with two attached hydrogens (primary N) is 1. The lowest BCUT2D eigenvalue weighted by molar-refractivity contribution is 0.479. The molecule has 0 aliphatic heterocycles. The van der Waals surface area contributed by atoms with E-state index >= 15 is 0 Å². The number of hydrogen-bond donors (Lipinski definition) is 2. The molecule has 0 fully saturated rings. The topological polar surface area (TPSA) is 83.6 Å². The summed E-state index contributed by atoms with van der Waals surface area (Å²) >= 11 is 0. The summed E-state index contributed by atoms with van der Waals surface area (Å²) in [6, 6.07) is 6.21. The van der Waals surface area contributed by atoms with Crippen molar-refractivity contribution < 1.29 is 13.0 Å². The highest BCUT2D eigenvalue weighted by molar-refractivity contribution is 7.87. The van der Waals surface area contributed by atoms with Gasteiger partial charge in [0.05, 0.1) is 5.69 Å². The number of nitrogens with zero attached hydrogens (tertiary/aromatic N) is 1. The Hall–Kier alpha value is -1.27. The van der Waals surface area contributed by atoms with E-state index in [9.17, 15) is 8.42 Å². The van der Waals surface area contributed by atoms with Gasteiger partial charge in [-0.05, 0) is 31.2 Å². The van der Waals surface area contributed by atoms with Crippen LogP contribution in [0.4, 0.5) is 11.4 Å².